The predicted octanol–water partition coefficient (Wildman–Crippen LogP) is 1.92. The molecule has 3 aromatic rings. The van der Waals surface area contributed by atoms with Crippen LogP contribution in [-0.4, -0.2) is 61.7 Å². The highest BCUT2D eigenvalue weighted by molar-refractivity contribution is 7.15. The highest BCUT2D eigenvalue weighted by Crippen LogP contribution is 2.31. The normalized spacial score (nSPS) is 16.4. The molecule has 0 aliphatic rings. The van der Waals surface area contributed by atoms with E-state index in [0.29, 0.717) is 12.0 Å². The lowest BCUT2D eigenvalue weighted by molar-refractivity contribution is -0.141. The Morgan fingerprint density at radius 1 is 0.844 bits per heavy atom. The van der Waals surface area contributed by atoms with Crippen molar-refractivity contribution in [3.63, 3.8) is 0 Å². The predicted molar refractivity (Wildman–Crippen MR) is 120 cm³/mol. The Morgan fingerprint density at radius 2 is 1.53 bits per heavy atom. The van der Waals surface area contributed by atoms with Crippen LogP contribution in [0.4, 0.5) is 4.39 Å². The average molecular weight is 463 g/mol. The number of hydrogen-bond acceptors (Lipinski definition) is 7. The maximum atomic E-state index is 13.2. The lowest BCUT2D eigenvalue weighted by Gasteiger charge is -2.29. The summed E-state index contributed by atoms with van der Waals surface area (Å²) in [5.74, 6) is -0.290. The second kappa shape index (κ2) is 10.6. The Hall–Kier alpha value is -2.17. The van der Waals surface area contributed by atoms with Gasteiger partial charge in [-0.3, -0.25) is 0 Å². The van der Waals surface area contributed by atoms with Crippen molar-refractivity contribution in [2.45, 2.75) is 43.9 Å². The SMILES string of the molecule is Cc1ccc(C(O)[C@H](O)[C@@H](O)[C@@H](O)[C@@H](O)CO)cc1Cc1ccc(-c2ccc(F)cc2)s1. The van der Waals surface area contributed by atoms with Crippen molar-refractivity contribution in [2.75, 3.05) is 6.61 Å². The van der Waals surface area contributed by atoms with Gasteiger partial charge in [-0.1, -0.05) is 30.3 Å². The molecule has 6 N–H and O–H groups in total. The van der Waals surface area contributed by atoms with Crippen LogP contribution in [0.2, 0.25) is 0 Å². The van der Waals surface area contributed by atoms with Gasteiger partial charge in [0.25, 0.3) is 0 Å². The summed E-state index contributed by atoms with van der Waals surface area (Å²) in [7, 11) is 0. The number of aliphatic hydroxyl groups is 6. The Balaban J connectivity index is 1.76. The molecule has 0 aliphatic carbocycles. The van der Waals surface area contributed by atoms with Crippen LogP contribution in [0.25, 0.3) is 10.4 Å². The minimum Gasteiger partial charge on any atom is -0.394 e. The summed E-state index contributed by atoms with van der Waals surface area (Å²) in [5.41, 5.74) is 3.15. The van der Waals surface area contributed by atoms with Gasteiger partial charge in [0.1, 0.15) is 36.3 Å². The number of halogens is 1. The van der Waals surface area contributed by atoms with Crippen LogP contribution < -0.4 is 0 Å². The third kappa shape index (κ3) is 5.60. The molecule has 1 unspecified atom stereocenters. The van der Waals surface area contributed by atoms with Crippen molar-refractivity contribution < 1.29 is 35.0 Å². The fraction of sp³-hybridized carbons (Fsp3) is 0.333. The fourth-order valence-electron chi connectivity index (χ4n) is 3.42. The summed E-state index contributed by atoms with van der Waals surface area (Å²) in [6.07, 6.45) is -8.02. The van der Waals surface area contributed by atoms with Gasteiger partial charge in [0.05, 0.1) is 6.61 Å². The number of aryl methyl sites for hydroxylation is 1. The Kier molecular flexibility index (Phi) is 8.13. The summed E-state index contributed by atoms with van der Waals surface area (Å²) in [6.45, 7) is 1.13. The van der Waals surface area contributed by atoms with Crippen LogP contribution in [0.15, 0.2) is 54.6 Å². The van der Waals surface area contributed by atoms with Gasteiger partial charge in [-0.25, -0.2) is 4.39 Å². The summed E-state index contributed by atoms with van der Waals surface area (Å²) in [4.78, 5) is 2.06. The Labute approximate surface area is 189 Å². The van der Waals surface area contributed by atoms with Crippen LogP contribution in [-0.2, 0) is 6.42 Å². The van der Waals surface area contributed by atoms with E-state index in [-0.39, 0.29) is 5.82 Å². The molecule has 8 heteroatoms. The number of benzene rings is 2. The van der Waals surface area contributed by atoms with E-state index in [4.69, 9.17) is 5.11 Å². The van der Waals surface area contributed by atoms with Crippen LogP contribution >= 0.6 is 11.3 Å². The molecule has 0 saturated carbocycles. The van der Waals surface area contributed by atoms with Gasteiger partial charge in [-0.15, -0.1) is 11.3 Å². The van der Waals surface area contributed by atoms with Gasteiger partial charge in [0, 0.05) is 16.2 Å². The highest BCUT2D eigenvalue weighted by Gasteiger charge is 2.34. The number of thiophene rings is 1. The van der Waals surface area contributed by atoms with Crippen molar-refractivity contribution in [2.24, 2.45) is 0 Å². The van der Waals surface area contributed by atoms with E-state index < -0.39 is 37.1 Å². The van der Waals surface area contributed by atoms with Crippen molar-refractivity contribution in [1.29, 1.82) is 0 Å². The quantitative estimate of drug-likeness (QED) is 0.289. The zero-order valence-corrected chi connectivity index (χ0v) is 18.3. The smallest absolute Gasteiger partial charge is 0.123 e. The summed E-state index contributed by atoms with van der Waals surface area (Å²) in [6, 6.07) is 15.4. The molecular formula is C24H27FO6S. The van der Waals surface area contributed by atoms with Crippen molar-refractivity contribution >= 4 is 11.3 Å². The Bertz CT molecular complexity index is 1020. The van der Waals surface area contributed by atoms with Gasteiger partial charge < -0.3 is 30.6 Å². The van der Waals surface area contributed by atoms with E-state index in [9.17, 15) is 29.9 Å². The van der Waals surface area contributed by atoms with Crippen molar-refractivity contribution in [1.82, 2.24) is 0 Å². The molecule has 2 aromatic carbocycles. The first-order chi connectivity index (χ1) is 15.2. The minimum absolute atomic E-state index is 0.290. The molecule has 172 valence electrons. The maximum Gasteiger partial charge on any atom is 0.123 e. The molecule has 5 atom stereocenters. The third-order valence-electron chi connectivity index (χ3n) is 5.47. The molecule has 0 amide bonds. The zero-order valence-electron chi connectivity index (χ0n) is 17.5. The number of rotatable bonds is 9. The molecule has 0 fully saturated rings. The third-order valence-corrected chi connectivity index (χ3v) is 6.61. The zero-order chi connectivity index (χ0) is 23.4. The maximum absolute atomic E-state index is 13.2. The highest BCUT2D eigenvalue weighted by atomic mass is 32.1. The molecule has 0 spiro atoms. The molecule has 0 aliphatic heterocycles. The van der Waals surface area contributed by atoms with E-state index in [1.54, 1.807) is 41.7 Å². The van der Waals surface area contributed by atoms with Crippen molar-refractivity contribution in [3.8, 4) is 10.4 Å². The van der Waals surface area contributed by atoms with Gasteiger partial charge in [0.2, 0.25) is 0 Å². The number of aliphatic hydroxyl groups excluding tert-OH is 6. The summed E-state index contributed by atoms with van der Waals surface area (Å²) < 4.78 is 13.2. The molecular weight excluding hydrogens is 435 g/mol. The van der Waals surface area contributed by atoms with E-state index in [2.05, 4.69) is 0 Å². The van der Waals surface area contributed by atoms with Gasteiger partial charge >= 0.3 is 0 Å². The molecule has 1 heterocycles. The first-order valence-electron chi connectivity index (χ1n) is 10.2. The van der Waals surface area contributed by atoms with Crippen molar-refractivity contribution in [3.05, 3.63) is 82.0 Å². The largest absolute Gasteiger partial charge is 0.394 e. The lowest BCUT2D eigenvalue weighted by Crippen LogP contribution is -2.47. The monoisotopic (exact) mass is 462 g/mol. The van der Waals surface area contributed by atoms with Crippen LogP contribution in [0.3, 0.4) is 0 Å². The van der Waals surface area contributed by atoms with Crippen LogP contribution in [0, 0.1) is 12.7 Å². The van der Waals surface area contributed by atoms with Crippen LogP contribution in [0.5, 0.6) is 0 Å². The van der Waals surface area contributed by atoms with Gasteiger partial charge in [-0.05, 0) is 53.4 Å². The first-order valence-corrected chi connectivity index (χ1v) is 11.0. The number of hydrogen-bond donors (Lipinski definition) is 6. The van der Waals surface area contributed by atoms with Crippen LogP contribution in [0.1, 0.15) is 27.7 Å². The standard InChI is InChI=1S/C24H27FO6S/c1-13-2-3-15(21(28)23(30)24(31)22(29)19(27)12-26)10-16(13)11-18-8-9-20(32-18)14-4-6-17(25)7-5-14/h2-10,19,21-24,26-31H,11-12H2,1H3/t19-,21?,22-,23-,24-/m0/s1. The van der Waals surface area contributed by atoms with Gasteiger partial charge in [0.15, 0.2) is 0 Å². The minimum atomic E-state index is -1.85. The van der Waals surface area contributed by atoms with E-state index in [0.717, 1.165) is 26.4 Å². The molecule has 0 bridgehead atoms. The molecule has 0 saturated heterocycles. The van der Waals surface area contributed by atoms with E-state index in [1.807, 2.05) is 19.1 Å². The topological polar surface area (TPSA) is 121 Å². The Morgan fingerprint density at radius 3 is 2.19 bits per heavy atom. The molecule has 0 radical (unpaired) electrons. The second-order valence-electron chi connectivity index (χ2n) is 7.80. The lowest BCUT2D eigenvalue weighted by atomic mass is 9.92. The summed E-state index contributed by atoms with van der Waals surface area (Å²) >= 11 is 1.57. The van der Waals surface area contributed by atoms with E-state index >= 15 is 0 Å². The fourth-order valence-corrected chi connectivity index (χ4v) is 4.45. The molecule has 32 heavy (non-hydrogen) atoms. The molecule has 6 nitrogen and oxygen atoms in total. The molecule has 3 rings (SSSR count). The molecule has 1 aromatic heterocycles. The average Bonchev–Trinajstić information content (AvgIpc) is 3.26. The van der Waals surface area contributed by atoms with Gasteiger partial charge in [-0.2, -0.15) is 0 Å². The second-order valence-corrected chi connectivity index (χ2v) is 8.97. The summed E-state index contributed by atoms with van der Waals surface area (Å²) in [5, 5.41) is 59.0. The first kappa shape index (κ1) is 24.5. The van der Waals surface area contributed by atoms with E-state index in [1.165, 1.54) is 12.1 Å².